The summed E-state index contributed by atoms with van der Waals surface area (Å²) < 4.78 is 0. The largest absolute Gasteiger partial charge is 0.316 e. The Hall–Kier alpha value is -1.42. The highest BCUT2D eigenvalue weighted by molar-refractivity contribution is 5.89. The van der Waals surface area contributed by atoms with E-state index in [0.717, 1.165) is 25.1 Å². The van der Waals surface area contributed by atoms with E-state index in [1.54, 1.807) is 6.20 Å². The van der Waals surface area contributed by atoms with E-state index in [1.165, 1.54) is 6.42 Å². The van der Waals surface area contributed by atoms with Gasteiger partial charge in [0.25, 0.3) is 0 Å². The highest BCUT2D eigenvalue weighted by Crippen LogP contribution is 2.15. The molecule has 1 fully saturated rings. The summed E-state index contributed by atoms with van der Waals surface area (Å²) in [6.07, 6.45) is 4.45. The van der Waals surface area contributed by atoms with Gasteiger partial charge in [-0.25, -0.2) is 4.98 Å². The molecule has 0 saturated carbocycles. The highest BCUT2D eigenvalue weighted by atomic mass is 16.1. The molecular formula is C13H19N3O. The normalized spacial score (nSPS) is 19.2. The van der Waals surface area contributed by atoms with Crippen molar-refractivity contribution in [1.29, 1.82) is 0 Å². The summed E-state index contributed by atoms with van der Waals surface area (Å²) in [5, 5.41) is 6.15. The Balaban J connectivity index is 1.76. The average molecular weight is 233 g/mol. The Kier molecular flexibility index (Phi) is 4.09. The summed E-state index contributed by atoms with van der Waals surface area (Å²) >= 11 is 0. The number of nitrogens with zero attached hydrogens (tertiary/aromatic N) is 1. The SMILES string of the molecule is Cc1ccnc(NC(=O)CCC2CCNC2)c1. The molecule has 1 aliphatic heterocycles. The maximum absolute atomic E-state index is 11.7. The number of anilines is 1. The number of pyridine rings is 1. The lowest BCUT2D eigenvalue weighted by Gasteiger charge is -2.08. The minimum Gasteiger partial charge on any atom is -0.316 e. The number of rotatable bonds is 4. The Morgan fingerprint density at radius 1 is 1.65 bits per heavy atom. The molecule has 1 unspecified atom stereocenters. The summed E-state index contributed by atoms with van der Waals surface area (Å²) in [6.45, 7) is 4.13. The van der Waals surface area contributed by atoms with E-state index >= 15 is 0 Å². The van der Waals surface area contributed by atoms with Crippen molar-refractivity contribution < 1.29 is 4.79 Å². The van der Waals surface area contributed by atoms with Crippen LogP contribution < -0.4 is 10.6 Å². The molecule has 1 aliphatic rings. The monoisotopic (exact) mass is 233 g/mol. The zero-order valence-electron chi connectivity index (χ0n) is 10.2. The van der Waals surface area contributed by atoms with Crippen molar-refractivity contribution >= 4 is 11.7 Å². The molecule has 1 aromatic heterocycles. The zero-order valence-corrected chi connectivity index (χ0v) is 10.2. The van der Waals surface area contributed by atoms with Crippen molar-refractivity contribution in [2.75, 3.05) is 18.4 Å². The van der Waals surface area contributed by atoms with Crippen molar-refractivity contribution in [3.05, 3.63) is 23.9 Å². The van der Waals surface area contributed by atoms with E-state index in [4.69, 9.17) is 0 Å². The molecule has 2 N–H and O–H groups in total. The van der Waals surface area contributed by atoms with Gasteiger partial charge in [0.1, 0.15) is 5.82 Å². The molecule has 0 aliphatic carbocycles. The third kappa shape index (κ3) is 3.82. The first-order valence-corrected chi connectivity index (χ1v) is 6.17. The first-order valence-electron chi connectivity index (χ1n) is 6.17. The Bertz CT molecular complexity index is 386. The van der Waals surface area contributed by atoms with Crippen LogP contribution in [0.25, 0.3) is 0 Å². The molecule has 17 heavy (non-hydrogen) atoms. The van der Waals surface area contributed by atoms with Crippen molar-refractivity contribution in [3.63, 3.8) is 0 Å². The lowest BCUT2D eigenvalue weighted by molar-refractivity contribution is -0.116. The van der Waals surface area contributed by atoms with Crippen molar-refractivity contribution in [2.45, 2.75) is 26.2 Å². The molecule has 2 rings (SSSR count). The van der Waals surface area contributed by atoms with Gasteiger partial charge in [-0.15, -0.1) is 0 Å². The average Bonchev–Trinajstić information content (AvgIpc) is 2.79. The fourth-order valence-electron chi connectivity index (χ4n) is 2.11. The highest BCUT2D eigenvalue weighted by Gasteiger charge is 2.15. The second-order valence-corrected chi connectivity index (χ2v) is 4.66. The number of carbonyl (C=O) groups excluding carboxylic acids is 1. The number of amides is 1. The molecule has 1 atom stereocenters. The van der Waals surface area contributed by atoms with Crippen LogP contribution in [-0.2, 0) is 4.79 Å². The Morgan fingerprint density at radius 2 is 2.53 bits per heavy atom. The second-order valence-electron chi connectivity index (χ2n) is 4.66. The van der Waals surface area contributed by atoms with Gasteiger partial charge in [0.15, 0.2) is 0 Å². The standard InChI is InChI=1S/C13H19N3O/c1-10-4-7-15-12(8-10)16-13(17)3-2-11-5-6-14-9-11/h4,7-8,11,14H,2-3,5-6,9H2,1H3,(H,15,16,17). The van der Waals surface area contributed by atoms with Crippen LogP contribution in [0.2, 0.25) is 0 Å². The number of aryl methyl sites for hydroxylation is 1. The molecule has 92 valence electrons. The van der Waals surface area contributed by atoms with Gasteiger partial charge >= 0.3 is 0 Å². The van der Waals surface area contributed by atoms with E-state index in [-0.39, 0.29) is 5.91 Å². The molecule has 4 heteroatoms. The third-order valence-corrected chi connectivity index (χ3v) is 3.12. The number of aromatic nitrogens is 1. The number of carbonyl (C=O) groups is 1. The van der Waals surface area contributed by atoms with Gasteiger partial charge in [-0.3, -0.25) is 4.79 Å². The van der Waals surface area contributed by atoms with Crippen LogP contribution in [0, 0.1) is 12.8 Å². The molecule has 0 aromatic carbocycles. The van der Waals surface area contributed by atoms with E-state index in [2.05, 4.69) is 15.6 Å². The molecule has 2 heterocycles. The zero-order chi connectivity index (χ0) is 12.1. The predicted molar refractivity (Wildman–Crippen MR) is 67.8 cm³/mol. The second kappa shape index (κ2) is 5.77. The quantitative estimate of drug-likeness (QED) is 0.832. The van der Waals surface area contributed by atoms with Crippen molar-refractivity contribution in [3.8, 4) is 0 Å². The molecule has 4 nitrogen and oxygen atoms in total. The van der Waals surface area contributed by atoms with Crippen LogP contribution >= 0.6 is 0 Å². The van der Waals surface area contributed by atoms with Gasteiger partial charge in [0, 0.05) is 12.6 Å². The first-order chi connectivity index (χ1) is 8.24. The van der Waals surface area contributed by atoms with E-state index in [1.807, 2.05) is 19.1 Å². The summed E-state index contributed by atoms with van der Waals surface area (Å²) in [7, 11) is 0. The van der Waals surface area contributed by atoms with Gasteiger partial charge in [0.05, 0.1) is 0 Å². The third-order valence-electron chi connectivity index (χ3n) is 3.12. The van der Waals surface area contributed by atoms with Crippen LogP contribution in [0.1, 0.15) is 24.8 Å². The van der Waals surface area contributed by atoms with Crippen LogP contribution in [-0.4, -0.2) is 24.0 Å². The van der Waals surface area contributed by atoms with E-state index in [9.17, 15) is 4.79 Å². The fourth-order valence-corrected chi connectivity index (χ4v) is 2.11. The maximum atomic E-state index is 11.7. The molecule has 0 spiro atoms. The van der Waals surface area contributed by atoms with Gasteiger partial charge < -0.3 is 10.6 Å². The van der Waals surface area contributed by atoms with Crippen molar-refractivity contribution in [2.24, 2.45) is 5.92 Å². The first kappa shape index (κ1) is 12.0. The van der Waals surface area contributed by atoms with E-state index < -0.39 is 0 Å². The Labute approximate surface area is 102 Å². The van der Waals surface area contributed by atoms with Gasteiger partial charge in [-0.1, -0.05) is 0 Å². The lowest BCUT2D eigenvalue weighted by atomic mass is 10.0. The predicted octanol–water partition coefficient (Wildman–Crippen LogP) is 1.72. The molecular weight excluding hydrogens is 214 g/mol. The van der Waals surface area contributed by atoms with Crippen LogP contribution in [0.5, 0.6) is 0 Å². The molecule has 1 saturated heterocycles. The van der Waals surface area contributed by atoms with E-state index in [0.29, 0.717) is 18.2 Å². The van der Waals surface area contributed by atoms with Crippen LogP contribution in [0.4, 0.5) is 5.82 Å². The summed E-state index contributed by atoms with van der Waals surface area (Å²) in [5.41, 5.74) is 1.11. The lowest BCUT2D eigenvalue weighted by Crippen LogP contribution is -2.15. The smallest absolute Gasteiger partial charge is 0.225 e. The van der Waals surface area contributed by atoms with Crippen molar-refractivity contribution in [1.82, 2.24) is 10.3 Å². The van der Waals surface area contributed by atoms with Crippen LogP contribution in [0.3, 0.4) is 0 Å². The maximum Gasteiger partial charge on any atom is 0.225 e. The molecule has 0 radical (unpaired) electrons. The fraction of sp³-hybridized carbons (Fsp3) is 0.538. The number of hydrogen-bond acceptors (Lipinski definition) is 3. The van der Waals surface area contributed by atoms with Gasteiger partial charge in [-0.2, -0.15) is 0 Å². The van der Waals surface area contributed by atoms with Gasteiger partial charge in [0.2, 0.25) is 5.91 Å². The summed E-state index contributed by atoms with van der Waals surface area (Å²) in [5.74, 6) is 1.38. The molecule has 0 bridgehead atoms. The van der Waals surface area contributed by atoms with Crippen LogP contribution in [0.15, 0.2) is 18.3 Å². The Morgan fingerprint density at radius 3 is 3.24 bits per heavy atom. The minimum atomic E-state index is 0.0648. The minimum absolute atomic E-state index is 0.0648. The molecule has 1 amide bonds. The molecule has 1 aromatic rings. The summed E-state index contributed by atoms with van der Waals surface area (Å²) in [4.78, 5) is 15.8. The topological polar surface area (TPSA) is 54.0 Å². The number of hydrogen-bond donors (Lipinski definition) is 2. The number of nitrogens with one attached hydrogen (secondary N) is 2. The van der Waals surface area contributed by atoms with Gasteiger partial charge in [-0.05, 0) is 56.5 Å². The summed E-state index contributed by atoms with van der Waals surface area (Å²) in [6, 6.07) is 3.80.